The minimum absolute atomic E-state index is 0.0214. The van der Waals surface area contributed by atoms with E-state index in [2.05, 4.69) is 0 Å². The SMILES string of the molecule is [2H]c1c([2H])c([2H])c2c(c1[2H])Cc1c([2H])c(-c3c([2H])c([2H])c([2H])c([2H])c3-c3c4c([2H])c([2H])c([2H])c([2H])c4c(-c4c([2H])c([2H])c5c([2H])c([2H])c([2H])c([2H])c5c4[2H])c4c([2H])c([2H])c([2H])c([2H])c34)c([2H])c([2H])c1-2. The fourth-order valence-electron chi connectivity index (χ4n) is 5.50. The molecule has 8 aromatic rings. The molecule has 0 bridgehead atoms. The lowest BCUT2D eigenvalue weighted by atomic mass is 9.83. The Balaban J connectivity index is 1.59. The van der Waals surface area contributed by atoms with Crippen LogP contribution >= 0.6 is 0 Å². The highest BCUT2D eigenvalue weighted by Crippen LogP contribution is 2.47. The molecule has 0 spiro atoms. The van der Waals surface area contributed by atoms with Crippen LogP contribution in [-0.2, 0) is 6.42 Å². The number of fused-ring (bicyclic) bond motifs is 6. The van der Waals surface area contributed by atoms with Crippen LogP contribution < -0.4 is 0 Å². The van der Waals surface area contributed by atoms with E-state index in [1.165, 1.54) is 0 Å². The van der Waals surface area contributed by atoms with E-state index in [0.29, 0.717) is 0 Å². The molecule has 0 amide bonds. The van der Waals surface area contributed by atoms with Crippen molar-refractivity contribution in [1.82, 2.24) is 0 Å². The molecule has 0 aromatic heterocycles. The number of rotatable bonds is 3. The molecule has 0 saturated carbocycles. The summed E-state index contributed by atoms with van der Waals surface area (Å²) in [6.45, 7) is 0. The van der Waals surface area contributed by atoms with Gasteiger partial charge in [0.1, 0.15) is 0 Å². The van der Waals surface area contributed by atoms with Crippen LogP contribution in [-0.4, -0.2) is 0 Å². The van der Waals surface area contributed by atoms with Crippen molar-refractivity contribution < 1.29 is 35.6 Å². The Morgan fingerprint density at radius 1 is 0.349 bits per heavy atom. The average molecular weight is 571 g/mol. The highest BCUT2D eigenvalue weighted by atomic mass is 14.2. The third-order valence-electron chi connectivity index (χ3n) is 7.32. The van der Waals surface area contributed by atoms with Crippen LogP contribution in [0.2, 0.25) is 0 Å². The van der Waals surface area contributed by atoms with E-state index in [4.69, 9.17) is 20.6 Å². The Kier molecular flexibility index (Phi) is 2.17. The molecule has 43 heavy (non-hydrogen) atoms. The first-order valence-corrected chi connectivity index (χ1v) is 13.0. The molecule has 0 fully saturated rings. The van der Waals surface area contributed by atoms with E-state index >= 15 is 0 Å². The summed E-state index contributed by atoms with van der Waals surface area (Å²) in [7, 11) is 0. The molecule has 1 aliphatic carbocycles. The maximum atomic E-state index is 9.59. The fraction of sp³-hybridized carbons (Fsp3) is 0.0233. The van der Waals surface area contributed by atoms with Gasteiger partial charge in [-0.25, -0.2) is 0 Å². The first-order chi connectivity index (χ1) is 32.2. The quantitative estimate of drug-likeness (QED) is 0.185. The van der Waals surface area contributed by atoms with Gasteiger partial charge in [0, 0.05) is 0 Å². The fourth-order valence-corrected chi connectivity index (χ4v) is 5.50. The molecule has 0 radical (unpaired) electrons. The van der Waals surface area contributed by atoms with Crippen molar-refractivity contribution in [2.75, 3.05) is 0 Å². The van der Waals surface area contributed by atoms with Crippen LogP contribution in [0.5, 0.6) is 0 Å². The Morgan fingerprint density at radius 3 is 1.63 bits per heavy atom. The van der Waals surface area contributed by atoms with Crippen molar-refractivity contribution in [2.24, 2.45) is 0 Å². The zero-order valence-electron chi connectivity index (χ0n) is 47.7. The van der Waals surface area contributed by atoms with Crippen molar-refractivity contribution in [3.63, 3.8) is 0 Å². The lowest BCUT2D eigenvalue weighted by Gasteiger charge is -2.20. The highest BCUT2D eigenvalue weighted by molar-refractivity contribution is 6.22. The zero-order chi connectivity index (χ0) is 51.0. The van der Waals surface area contributed by atoms with Gasteiger partial charge in [0.05, 0.1) is 35.6 Å². The second kappa shape index (κ2) is 9.54. The lowest BCUT2D eigenvalue weighted by molar-refractivity contribution is 1.26. The topological polar surface area (TPSA) is 0 Å². The summed E-state index contributed by atoms with van der Waals surface area (Å²) in [6, 6.07) is -22.5. The molecule has 0 aliphatic heterocycles. The predicted molar refractivity (Wildman–Crippen MR) is 184 cm³/mol. The smallest absolute Gasteiger partial charge is 0.0619 e. The van der Waals surface area contributed by atoms with Crippen molar-refractivity contribution in [1.29, 1.82) is 0 Å². The molecule has 0 heterocycles. The van der Waals surface area contributed by atoms with Gasteiger partial charge in [0.2, 0.25) is 0 Å². The van der Waals surface area contributed by atoms with E-state index < -0.39 is 229 Å². The van der Waals surface area contributed by atoms with Gasteiger partial charge in [-0.05, 0) is 100 Å². The first-order valence-electron chi connectivity index (χ1n) is 26.0. The Labute approximate surface area is 288 Å². The minimum Gasteiger partial charge on any atom is -0.0619 e. The van der Waals surface area contributed by atoms with Crippen molar-refractivity contribution in [3.05, 3.63) is 168 Å². The number of benzene rings is 8. The van der Waals surface area contributed by atoms with Gasteiger partial charge in [-0.3, -0.25) is 0 Å². The molecule has 0 N–H and O–H groups in total. The second-order valence-corrected chi connectivity index (χ2v) is 9.63. The van der Waals surface area contributed by atoms with Gasteiger partial charge in [0.25, 0.3) is 0 Å². The number of hydrogen-bond donors (Lipinski definition) is 0. The number of hydrogen-bond acceptors (Lipinski definition) is 0. The predicted octanol–water partition coefficient (Wildman–Crippen LogP) is 11.7. The van der Waals surface area contributed by atoms with Crippen LogP contribution in [0.25, 0.3) is 76.8 Å². The standard InChI is InChI=1S/C43H28/c1-2-12-29-25-32(22-21-28(29)11-1)42-38-17-7-9-19-40(38)43(41-20-10-8-18-39(41)42)37-16-6-5-15-35(37)31-23-24-36-33(27-31)26-30-13-3-4-14-34(30)36/h1-25,27H,26H2/i1D,2D,3D,4D,5D,6D,7D,8D,9D,10D,11D,12D,13D,14D,15D,16D,17D,18D,19D,20D,21D,22D,23D,24D,25D,27D. The molecule has 8 aromatic carbocycles. The van der Waals surface area contributed by atoms with Crippen LogP contribution in [0.3, 0.4) is 0 Å². The zero-order valence-corrected chi connectivity index (χ0v) is 21.7. The Bertz CT molecular complexity index is 3740. The molecule has 0 saturated heterocycles. The largest absolute Gasteiger partial charge is 0.0636 e. The average Bonchev–Trinajstić information content (AvgIpc) is 3.73. The maximum Gasteiger partial charge on any atom is 0.0636 e. The molecule has 9 rings (SSSR count). The molecule has 0 nitrogen and oxygen atoms in total. The highest BCUT2D eigenvalue weighted by Gasteiger charge is 2.21. The molecule has 0 atom stereocenters. The van der Waals surface area contributed by atoms with Crippen molar-refractivity contribution >= 4 is 32.3 Å². The van der Waals surface area contributed by atoms with Crippen molar-refractivity contribution in [3.8, 4) is 44.5 Å². The summed E-state index contributed by atoms with van der Waals surface area (Å²) >= 11 is 0. The summed E-state index contributed by atoms with van der Waals surface area (Å²) in [5, 5.41) is -4.10. The third-order valence-corrected chi connectivity index (χ3v) is 7.32. The molecule has 0 heteroatoms. The van der Waals surface area contributed by atoms with E-state index in [9.17, 15) is 15.1 Å². The Hall–Kier alpha value is -5.46. The van der Waals surface area contributed by atoms with Gasteiger partial charge >= 0.3 is 0 Å². The van der Waals surface area contributed by atoms with Crippen LogP contribution in [0, 0.1) is 0 Å². The van der Waals surface area contributed by atoms with Gasteiger partial charge in [-0.15, -0.1) is 0 Å². The van der Waals surface area contributed by atoms with Crippen LogP contribution in [0.4, 0.5) is 0 Å². The molecule has 200 valence electrons. The summed E-state index contributed by atoms with van der Waals surface area (Å²) in [4.78, 5) is 0. The first kappa shape index (κ1) is 9.79. The third kappa shape index (κ3) is 3.77. The normalized spacial score (nSPS) is 20.6. The van der Waals surface area contributed by atoms with Crippen molar-refractivity contribution in [2.45, 2.75) is 6.42 Å². The van der Waals surface area contributed by atoms with Gasteiger partial charge in [-0.2, -0.15) is 0 Å². The van der Waals surface area contributed by atoms with E-state index in [1.807, 2.05) is 0 Å². The van der Waals surface area contributed by atoms with Gasteiger partial charge in [0.15, 0.2) is 0 Å². The summed E-state index contributed by atoms with van der Waals surface area (Å²) in [6.07, 6.45) is -0.400. The van der Waals surface area contributed by atoms with Gasteiger partial charge < -0.3 is 0 Å². The van der Waals surface area contributed by atoms with E-state index in [1.54, 1.807) is 0 Å². The van der Waals surface area contributed by atoms with Gasteiger partial charge in [-0.1, -0.05) is 151 Å². The second-order valence-electron chi connectivity index (χ2n) is 9.63. The molecule has 0 unspecified atom stereocenters. The molecular weight excluding hydrogens is 516 g/mol. The minimum atomic E-state index is -1.02. The van der Waals surface area contributed by atoms with Crippen LogP contribution in [0.15, 0.2) is 157 Å². The van der Waals surface area contributed by atoms with Crippen LogP contribution in [0.1, 0.15) is 46.8 Å². The maximum absolute atomic E-state index is 9.59. The van der Waals surface area contributed by atoms with E-state index in [0.717, 1.165) is 0 Å². The summed E-state index contributed by atoms with van der Waals surface area (Å²) in [5.74, 6) is 0. The Morgan fingerprint density at radius 2 is 0.884 bits per heavy atom. The monoisotopic (exact) mass is 570 g/mol. The molecular formula is C43H28. The summed E-state index contributed by atoms with van der Waals surface area (Å²) < 4.78 is 233. The van der Waals surface area contributed by atoms with E-state index in [-0.39, 0.29) is 22.3 Å². The lowest BCUT2D eigenvalue weighted by Crippen LogP contribution is -1.93. The molecule has 1 aliphatic rings. The summed E-state index contributed by atoms with van der Waals surface area (Å²) in [5.41, 5.74) is -4.95.